The van der Waals surface area contributed by atoms with Crippen LogP contribution in [0.25, 0.3) is 0 Å². The van der Waals surface area contributed by atoms with Gasteiger partial charge < -0.3 is 14.4 Å². The zero-order valence-electron chi connectivity index (χ0n) is 13.8. The van der Waals surface area contributed by atoms with Gasteiger partial charge in [-0.25, -0.2) is 0 Å². The van der Waals surface area contributed by atoms with Crippen molar-refractivity contribution in [2.24, 2.45) is 0 Å². The lowest BCUT2D eigenvalue weighted by Crippen LogP contribution is -2.48. The standard InChI is InChI=1S/C19H19ClN2O3/c20-16-10-14(11-17-18(16)25-13-24-17)12-21-6-8-22(9-7-21)19(23)15-4-2-1-3-5-15/h1-5,10-11H,6-9,12-13H2. The molecule has 2 aliphatic heterocycles. The number of piperazine rings is 1. The lowest BCUT2D eigenvalue weighted by atomic mass is 10.1. The Morgan fingerprint density at radius 1 is 1.04 bits per heavy atom. The summed E-state index contributed by atoms with van der Waals surface area (Å²) in [5, 5.41) is 0.586. The Kier molecular flexibility index (Phi) is 4.51. The minimum absolute atomic E-state index is 0.103. The van der Waals surface area contributed by atoms with Gasteiger partial charge in [-0.2, -0.15) is 0 Å². The first kappa shape index (κ1) is 16.2. The Morgan fingerprint density at radius 2 is 1.80 bits per heavy atom. The second-order valence-electron chi connectivity index (χ2n) is 6.25. The molecule has 1 amide bonds. The van der Waals surface area contributed by atoms with Crippen LogP contribution in [0.5, 0.6) is 11.5 Å². The molecule has 0 radical (unpaired) electrons. The van der Waals surface area contributed by atoms with Crippen LogP contribution in [0.15, 0.2) is 42.5 Å². The van der Waals surface area contributed by atoms with Crippen molar-refractivity contribution in [1.29, 1.82) is 0 Å². The van der Waals surface area contributed by atoms with Crippen molar-refractivity contribution >= 4 is 17.5 Å². The van der Waals surface area contributed by atoms with E-state index in [1.165, 1.54) is 0 Å². The summed E-state index contributed by atoms with van der Waals surface area (Å²) in [5.41, 5.74) is 1.84. The Balaban J connectivity index is 1.36. The summed E-state index contributed by atoms with van der Waals surface area (Å²) in [6, 6.07) is 13.4. The van der Waals surface area contributed by atoms with Crippen LogP contribution in [0.2, 0.25) is 5.02 Å². The van der Waals surface area contributed by atoms with Crippen LogP contribution < -0.4 is 9.47 Å². The van der Waals surface area contributed by atoms with E-state index in [0.717, 1.165) is 43.9 Å². The van der Waals surface area contributed by atoms with Gasteiger partial charge in [-0.3, -0.25) is 9.69 Å². The van der Waals surface area contributed by atoms with Crippen LogP contribution >= 0.6 is 11.6 Å². The minimum atomic E-state index is 0.103. The highest BCUT2D eigenvalue weighted by Gasteiger charge is 2.23. The van der Waals surface area contributed by atoms with Gasteiger partial charge in [0.2, 0.25) is 6.79 Å². The van der Waals surface area contributed by atoms with Gasteiger partial charge in [0, 0.05) is 38.3 Å². The largest absolute Gasteiger partial charge is 0.454 e. The maximum absolute atomic E-state index is 12.5. The molecule has 1 fully saturated rings. The first-order valence-corrected chi connectivity index (χ1v) is 8.73. The summed E-state index contributed by atoms with van der Waals surface area (Å²) in [4.78, 5) is 16.7. The molecule has 0 aromatic heterocycles. The average molecular weight is 359 g/mol. The molecule has 0 unspecified atom stereocenters. The molecule has 6 heteroatoms. The van der Waals surface area contributed by atoms with Gasteiger partial charge in [-0.1, -0.05) is 29.8 Å². The number of benzene rings is 2. The van der Waals surface area contributed by atoms with Crippen molar-refractivity contribution in [3.8, 4) is 11.5 Å². The summed E-state index contributed by atoms with van der Waals surface area (Å²) >= 11 is 6.25. The van der Waals surface area contributed by atoms with Crippen LogP contribution in [-0.2, 0) is 6.54 Å². The summed E-state index contributed by atoms with van der Waals surface area (Å²) in [5.74, 6) is 1.44. The van der Waals surface area contributed by atoms with Gasteiger partial charge in [0.15, 0.2) is 11.5 Å². The van der Waals surface area contributed by atoms with E-state index in [1.807, 2.05) is 47.4 Å². The van der Waals surface area contributed by atoms with Gasteiger partial charge in [-0.15, -0.1) is 0 Å². The number of carbonyl (C=O) groups is 1. The molecule has 1 saturated heterocycles. The molecule has 130 valence electrons. The second kappa shape index (κ2) is 6.94. The summed E-state index contributed by atoms with van der Waals surface area (Å²) in [7, 11) is 0. The third kappa shape index (κ3) is 3.43. The highest BCUT2D eigenvalue weighted by molar-refractivity contribution is 6.32. The maximum Gasteiger partial charge on any atom is 0.253 e. The van der Waals surface area contributed by atoms with Gasteiger partial charge in [0.05, 0.1) is 5.02 Å². The average Bonchev–Trinajstić information content (AvgIpc) is 3.12. The molecule has 2 aromatic carbocycles. The van der Waals surface area contributed by atoms with Crippen LogP contribution in [0.3, 0.4) is 0 Å². The molecule has 2 aliphatic rings. The third-order valence-corrected chi connectivity index (χ3v) is 4.85. The molecule has 4 rings (SSSR count). The number of carbonyl (C=O) groups excluding carboxylic acids is 1. The highest BCUT2D eigenvalue weighted by atomic mass is 35.5. The van der Waals surface area contributed by atoms with Crippen LogP contribution in [0.4, 0.5) is 0 Å². The van der Waals surface area contributed by atoms with Crippen molar-refractivity contribution in [1.82, 2.24) is 9.80 Å². The zero-order valence-corrected chi connectivity index (χ0v) is 14.5. The van der Waals surface area contributed by atoms with Gasteiger partial charge >= 0.3 is 0 Å². The number of hydrogen-bond acceptors (Lipinski definition) is 4. The SMILES string of the molecule is O=C(c1ccccc1)N1CCN(Cc2cc(Cl)c3c(c2)OCO3)CC1. The molecule has 0 aliphatic carbocycles. The van der Waals surface area contributed by atoms with Gasteiger partial charge in [0.1, 0.15) is 0 Å². The van der Waals surface area contributed by atoms with E-state index in [9.17, 15) is 4.79 Å². The number of fused-ring (bicyclic) bond motifs is 1. The molecule has 0 saturated carbocycles. The van der Waals surface area contributed by atoms with E-state index >= 15 is 0 Å². The maximum atomic E-state index is 12.5. The number of hydrogen-bond donors (Lipinski definition) is 0. The molecule has 0 spiro atoms. The van der Waals surface area contributed by atoms with E-state index in [2.05, 4.69) is 4.90 Å². The third-order valence-electron chi connectivity index (χ3n) is 4.57. The van der Waals surface area contributed by atoms with E-state index in [0.29, 0.717) is 16.5 Å². The minimum Gasteiger partial charge on any atom is -0.454 e. The molecule has 2 aromatic rings. The second-order valence-corrected chi connectivity index (χ2v) is 6.65. The Labute approximate surface area is 151 Å². The van der Waals surface area contributed by atoms with E-state index in [4.69, 9.17) is 21.1 Å². The van der Waals surface area contributed by atoms with Crippen molar-refractivity contribution in [2.45, 2.75) is 6.54 Å². The van der Waals surface area contributed by atoms with Crippen molar-refractivity contribution in [2.75, 3.05) is 33.0 Å². The summed E-state index contributed by atoms with van der Waals surface area (Å²) in [6.07, 6.45) is 0. The van der Waals surface area contributed by atoms with Crippen molar-refractivity contribution in [3.05, 3.63) is 58.6 Å². The van der Waals surface area contributed by atoms with E-state index in [-0.39, 0.29) is 12.7 Å². The Morgan fingerprint density at radius 3 is 2.56 bits per heavy atom. The van der Waals surface area contributed by atoms with Crippen LogP contribution in [0, 0.1) is 0 Å². The Bertz CT molecular complexity index is 774. The normalized spacial score (nSPS) is 16.9. The number of amides is 1. The predicted molar refractivity (Wildman–Crippen MR) is 95.2 cm³/mol. The van der Waals surface area contributed by atoms with E-state index in [1.54, 1.807) is 0 Å². The number of rotatable bonds is 3. The fraction of sp³-hybridized carbons (Fsp3) is 0.316. The fourth-order valence-electron chi connectivity index (χ4n) is 3.24. The fourth-order valence-corrected chi connectivity index (χ4v) is 3.53. The van der Waals surface area contributed by atoms with Crippen LogP contribution in [-0.4, -0.2) is 48.7 Å². The molecular formula is C19H19ClN2O3. The zero-order chi connectivity index (χ0) is 17.2. The van der Waals surface area contributed by atoms with Crippen molar-refractivity contribution < 1.29 is 14.3 Å². The molecular weight excluding hydrogens is 340 g/mol. The first-order valence-electron chi connectivity index (χ1n) is 8.35. The quantitative estimate of drug-likeness (QED) is 0.845. The number of nitrogens with zero attached hydrogens (tertiary/aromatic N) is 2. The van der Waals surface area contributed by atoms with Crippen molar-refractivity contribution in [3.63, 3.8) is 0 Å². The Hall–Kier alpha value is -2.24. The predicted octanol–water partition coefficient (Wildman–Crippen LogP) is 3.03. The summed E-state index contributed by atoms with van der Waals surface area (Å²) < 4.78 is 10.8. The lowest BCUT2D eigenvalue weighted by Gasteiger charge is -2.34. The number of ether oxygens (including phenoxy) is 2. The van der Waals surface area contributed by atoms with Gasteiger partial charge in [-0.05, 0) is 29.8 Å². The van der Waals surface area contributed by atoms with Gasteiger partial charge in [0.25, 0.3) is 5.91 Å². The first-order chi connectivity index (χ1) is 12.2. The molecule has 2 heterocycles. The smallest absolute Gasteiger partial charge is 0.253 e. The highest BCUT2D eigenvalue weighted by Crippen LogP contribution is 2.40. The molecule has 0 bridgehead atoms. The van der Waals surface area contributed by atoms with E-state index < -0.39 is 0 Å². The molecule has 0 atom stereocenters. The topological polar surface area (TPSA) is 42.0 Å². The molecule has 5 nitrogen and oxygen atoms in total. The monoisotopic (exact) mass is 358 g/mol. The lowest BCUT2D eigenvalue weighted by molar-refractivity contribution is 0.0628. The summed E-state index contributed by atoms with van der Waals surface area (Å²) in [6.45, 7) is 4.13. The van der Waals surface area contributed by atoms with Crippen LogP contribution in [0.1, 0.15) is 15.9 Å². The molecule has 25 heavy (non-hydrogen) atoms. The number of halogens is 1. The molecule has 0 N–H and O–H groups in total.